The van der Waals surface area contributed by atoms with Gasteiger partial charge in [0.2, 0.25) is 0 Å². The molecule has 164 valence electrons. The summed E-state index contributed by atoms with van der Waals surface area (Å²) in [6.07, 6.45) is 4.87. The molecule has 1 saturated heterocycles. The minimum Gasteiger partial charge on any atom is -0.465 e. The fraction of sp³-hybridized carbons (Fsp3) is 0.240. The van der Waals surface area contributed by atoms with Crippen LogP contribution in [0.25, 0.3) is 6.08 Å². The van der Waals surface area contributed by atoms with Gasteiger partial charge in [-0.25, -0.2) is 4.98 Å². The molecule has 2 amide bonds. The number of aryl methyl sites for hydroxylation is 2. The summed E-state index contributed by atoms with van der Waals surface area (Å²) in [6.45, 7) is 6.35. The van der Waals surface area contributed by atoms with Crippen molar-refractivity contribution in [1.29, 1.82) is 0 Å². The van der Waals surface area contributed by atoms with E-state index in [0.29, 0.717) is 37.5 Å². The van der Waals surface area contributed by atoms with E-state index < -0.39 is 0 Å². The Kier molecular flexibility index (Phi) is 6.35. The number of nitrogens with one attached hydrogen (secondary N) is 1. The summed E-state index contributed by atoms with van der Waals surface area (Å²) >= 11 is 0. The maximum absolute atomic E-state index is 13.3. The molecule has 3 aromatic rings. The van der Waals surface area contributed by atoms with E-state index in [-0.39, 0.29) is 17.5 Å². The van der Waals surface area contributed by atoms with Crippen molar-refractivity contribution in [2.75, 3.05) is 31.1 Å². The molecule has 0 spiro atoms. The predicted octanol–water partition coefficient (Wildman–Crippen LogP) is 3.41. The quantitative estimate of drug-likeness (QED) is 0.628. The largest absolute Gasteiger partial charge is 0.465 e. The fourth-order valence-corrected chi connectivity index (χ4v) is 3.59. The number of anilines is 1. The first-order chi connectivity index (χ1) is 15.5. The summed E-state index contributed by atoms with van der Waals surface area (Å²) < 4.78 is 5.38. The molecule has 1 aliphatic rings. The van der Waals surface area contributed by atoms with Gasteiger partial charge in [-0.1, -0.05) is 12.1 Å². The Balaban J connectivity index is 1.50. The third-order valence-electron chi connectivity index (χ3n) is 5.62. The summed E-state index contributed by atoms with van der Waals surface area (Å²) in [6, 6.07) is 14.8. The van der Waals surface area contributed by atoms with E-state index in [9.17, 15) is 9.59 Å². The first-order valence-corrected chi connectivity index (χ1v) is 10.6. The van der Waals surface area contributed by atoms with Crippen LogP contribution in [0.15, 0.2) is 71.1 Å². The summed E-state index contributed by atoms with van der Waals surface area (Å²) in [5, 5.41) is 2.80. The Labute approximate surface area is 187 Å². The van der Waals surface area contributed by atoms with Crippen molar-refractivity contribution in [2.24, 2.45) is 0 Å². The van der Waals surface area contributed by atoms with E-state index in [1.807, 2.05) is 44.2 Å². The van der Waals surface area contributed by atoms with Crippen molar-refractivity contribution in [2.45, 2.75) is 13.8 Å². The van der Waals surface area contributed by atoms with Crippen LogP contribution in [0.4, 0.5) is 5.82 Å². The molecular weight excluding hydrogens is 404 g/mol. The van der Waals surface area contributed by atoms with E-state index in [1.165, 1.54) is 6.26 Å². The molecule has 7 nitrogen and oxygen atoms in total. The Morgan fingerprint density at radius 2 is 1.81 bits per heavy atom. The minimum absolute atomic E-state index is 0.189. The highest BCUT2D eigenvalue weighted by Gasteiger charge is 2.26. The molecule has 0 unspecified atom stereocenters. The molecule has 0 radical (unpaired) electrons. The molecule has 0 aliphatic carbocycles. The summed E-state index contributed by atoms with van der Waals surface area (Å²) in [5.74, 6) is 0.834. The second-order valence-corrected chi connectivity index (χ2v) is 7.79. The molecule has 0 atom stereocenters. The smallest absolute Gasteiger partial charge is 0.270 e. The highest BCUT2D eigenvalue weighted by molar-refractivity contribution is 6.05. The van der Waals surface area contributed by atoms with Crippen LogP contribution in [0.3, 0.4) is 0 Å². The van der Waals surface area contributed by atoms with Gasteiger partial charge in [0.05, 0.1) is 6.26 Å². The number of pyridine rings is 1. The van der Waals surface area contributed by atoms with Crippen LogP contribution >= 0.6 is 0 Å². The number of carbonyl (C=O) groups is 2. The lowest BCUT2D eigenvalue weighted by Gasteiger charge is -2.35. The number of nitrogens with zero attached hydrogens (tertiary/aromatic N) is 3. The SMILES string of the molecule is Cc1ccc(C(=O)NC(=Cc2ccco2)C(=O)N2CCN(c3ccccn3)CC2)cc1C. The molecule has 1 aliphatic heterocycles. The molecule has 0 saturated carbocycles. The average molecular weight is 431 g/mol. The topological polar surface area (TPSA) is 78.7 Å². The number of amides is 2. The van der Waals surface area contributed by atoms with Gasteiger partial charge in [0.1, 0.15) is 17.3 Å². The van der Waals surface area contributed by atoms with Crippen molar-refractivity contribution in [3.05, 3.63) is 89.1 Å². The summed E-state index contributed by atoms with van der Waals surface area (Å²) in [4.78, 5) is 34.5. The molecule has 1 fully saturated rings. The minimum atomic E-state index is -0.327. The predicted molar refractivity (Wildman–Crippen MR) is 123 cm³/mol. The lowest BCUT2D eigenvalue weighted by atomic mass is 10.1. The van der Waals surface area contributed by atoms with Crippen molar-refractivity contribution in [3.8, 4) is 0 Å². The first-order valence-electron chi connectivity index (χ1n) is 10.6. The molecule has 1 N–H and O–H groups in total. The number of rotatable bonds is 5. The molecule has 32 heavy (non-hydrogen) atoms. The number of hydrogen-bond donors (Lipinski definition) is 1. The molecule has 3 heterocycles. The highest BCUT2D eigenvalue weighted by Crippen LogP contribution is 2.16. The van der Waals surface area contributed by atoms with Gasteiger partial charge in [-0.15, -0.1) is 0 Å². The van der Waals surface area contributed by atoms with E-state index in [2.05, 4.69) is 15.2 Å². The lowest BCUT2D eigenvalue weighted by molar-refractivity contribution is -0.127. The van der Waals surface area contributed by atoms with Gasteiger partial charge in [-0.3, -0.25) is 9.59 Å². The molecule has 1 aromatic carbocycles. The van der Waals surface area contributed by atoms with Gasteiger partial charge in [0, 0.05) is 44.0 Å². The average Bonchev–Trinajstić information content (AvgIpc) is 3.34. The number of furan rings is 1. The number of carbonyl (C=O) groups excluding carboxylic acids is 2. The van der Waals surface area contributed by atoms with E-state index in [1.54, 1.807) is 35.4 Å². The molecule has 0 bridgehead atoms. The zero-order valence-corrected chi connectivity index (χ0v) is 18.2. The van der Waals surface area contributed by atoms with Crippen molar-refractivity contribution in [1.82, 2.24) is 15.2 Å². The third-order valence-corrected chi connectivity index (χ3v) is 5.62. The third kappa shape index (κ3) is 4.88. The molecule has 2 aromatic heterocycles. The van der Waals surface area contributed by atoms with Gasteiger partial charge < -0.3 is 19.5 Å². The normalized spacial score (nSPS) is 14.4. The maximum Gasteiger partial charge on any atom is 0.270 e. The number of piperazine rings is 1. The van der Waals surface area contributed by atoms with E-state index in [0.717, 1.165) is 16.9 Å². The second kappa shape index (κ2) is 9.51. The molecule has 7 heteroatoms. The Bertz CT molecular complexity index is 1120. The Morgan fingerprint density at radius 3 is 2.47 bits per heavy atom. The number of hydrogen-bond acceptors (Lipinski definition) is 5. The second-order valence-electron chi connectivity index (χ2n) is 7.79. The monoisotopic (exact) mass is 430 g/mol. The van der Waals surface area contributed by atoms with Gasteiger partial charge in [0.25, 0.3) is 11.8 Å². The summed E-state index contributed by atoms with van der Waals surface area (Å²) in [7, 11) is 0. The zero-order valence-electron chi connectivity index (χ0n) is 18.2. The lowest BCUT2D eigenvalue weighted by Crippen LogP contribution is -2.50. The number of aromatic nitrogens is 1. The maximum atomic E-state index is 13.3. The molecule has 4 rings (SSSR count). The summed E-state index contributed by atoms with van der Waals surface area (Å²) in [5.41, 5.74) is 2.82. The van der Waals surface area contributed by atoms with Gasteiger partial charge in [-0.05, 0) is 61.4 Å². The highest BCUT2D eigenvalue weighted by atomic mass is 16.3. The van der Waals surface area contributed by atoms with E-state index >= 15 is 0 Å². The van der Waals surface area contributed by atoms with Crippen LogP contribution < -0.4 is 10.2 Å². The van der Waals surface area contributed by atoms with Crippen LogP contribution in [0.2, 0.25) is 0 Å². The van der Waals surface area contributed by atoms with E-state index in [4.69, 9.17) is 4.42 Å². The van der Waals surface area contributed by atoms with Gasteiger partial charge >= 0.3 is 0 Å². The van der Waals surface area contributed by atoms with Crippen LogP contribution in [-0.2, 0) is 4.79 Å². The zero-order chi connectivity index (χ0) is 22.5. The van der Waals surface area contributed by atoms with Crippen molar-refractivity contribution in [3.63, 3.8) is 0 Å². The van der Waals surface area contributed by atoms with Crippen LogP contribution in [-0.4, -0.2) is 47.9 Å². The van der Waals surface area contributed by atoms with Gasteiger partial charge in [0.15, 0.2) is 0 Å². The number of benzene rings is 1. The van der Waals surface area contributed by atoms with Crippen molar-refractivity contribution < 1.29 is 14.0 Å². The Hall–Kier alpha value is -3.87. The van der Waals surface area contributed by atoms with Crippen LogP contribution in [0.1, 0.15) is 27.2 Å². The van der Waals surface area contributed by atoms with Crippen LogP contribution in [0.5, 0.6) is 0 Å². The Morgan fingerprint density at radius 1 is 1.00 bits per heavy atom. The van der Waals surface area contributed by atoms with Gasteiger partial charge in [-0.2, -0.15) is 0 Å². The fourth-order valence-electron chi connectivity index (χ4n) is 3.59. The van der Waals surface area contributed by atoms with Crippen molar-refractivity contribution >= 4 is 23.7 Å². The standard InChI is InChI=1S/C25H26N4O3/c1-18-8-9-20(16-19(18)2)24(30)27-22(17-21-6-5-15-32-21)25(31)29-13-11-28(12-14-29)23-7-3-4-10-26-23/h3-10,15-17H,11-14H2,1-2H3,(H,27,30). The first kappa shape index (κ1) is 21.4. The van der Waals surface area contributed by atoms with Crippen LogP contribution in [0, 0.1) is 13.8 Å². The molecular formula is C25H26N4O3.